The lowest BCUT2D eigenvalue weighted by Gasteiger charge is -2.14. The van der Waals surface area contributed by atoms with E-state index < -0.39 is 0 Å². The van der Waals surface area contributed by atoms with Crippen LogP contribution in [0.1, 0.15) is 49.0 Å². The molecular weight excluding hydrogens is 460 g/mol. The number of hydrogen-bond donors (Lipinski definition) is 1. The molecular formula is C29H31ClN2O3. The number of phenolic OH excluding ortho intramolecular Hbond substituents is 1. The third-order valence-corrected chi connectivity index (χ3v) is 6.41. The summed E-state index contributed by atoms with van der Waals surface area (Å²) in [5.74, 6) is 1.68. The second-order valence-electron chi connectivity index (χ2n) is 9.22. The fraction of sp³-hybridized carbons (Fsp3) is 0.310. The van der Waals surface area contributed by atoms with Crippen LogP contribution >= 0.6 is 11.6 Å². The van der Waals surface area contributed by atoms with E-state index in [1.807, 2.05) is 56.3 Å². The first-order valence-corrected chi connectivity index (χ1v) is 12.4. The first-order chi connectivity index (χ1) is 16.9. The van der Waals surface area contributed by atoms with E-state index in [2.05, 4.69) is 10.6 Å². The largest absolute Gasteiger partial charge is 0.507 e. The normalized spacial score (nSPS) is 11.3. The predicted octanol–water partition coefficient (Wildman–Crippen LogP) is 7.46. The number of aromatic hydroxyl groups is 1. The highest BCUT2D eigenvalue weighted by atomic mass is 35.5. The van der Waals surface area contributed by atoms with E-state index >= 15 is 0 Å². The van der Waals surface area contributed by atoms with Crippen molar-refractivity contribution in [3.63, 3.8) is 0 Å². The number of ketones is 1. The number of hydrogen-bond acceptors (Lipinski definition) is 4. The van der Waals surface area contributed by atoms with Gasteiger partial charge in [-0.05, 0) is 62.1 Å². The Hall–Kier alpha value is -3.31. The van der Waals surface area contributed by atoms with Gasteiger partial charge in [-0.3, -0.25) is 4.79 Å². The van der Waals surface area contributed by atoms with Crippen LogP contribution in [0, 0.1) is 12.8 Å². The second-order valence-corrected chi connectivity index (χ2v) is 9.62. The summed E-state index contributed by atoms with van der Waals surface area (Å²) < 4.78 is 8.17. The van der Waals surface area contributed by atoms with Crippen LogP contribution < -0.4 is 4.74 Å². The maximum absolute atomic E-state index is 12.4. The number of unbranched alkanes of at least 4 members (excludes halogenated alkanes) is 1. The lowest BCUT2D eigenvalue weighted by atomic mass is 9.98. The van der Waals surface area contributed by atoms with Gasteiger partial charge in [0, 0.05) is 24.1 Å². The van der Waals surface area contributed by atoms with E-state index in [0.29, 0.717) is 34.9 Å². The highest BCUT2D eigenvalue weighted by Crippen LogP contribution is 2.33. The molecule has 0 aliphatic carbocycles. The van der Waals surface area contributed by atoms with Gasteiger partial charge in [-0.15, -0.1) is 0 Å². The topological polar surface area (TPSA) is 64.4 Å². The Morgan fingerprint density at radius 3 is 2.57 bits per heavy atom. The van der Waals surface area contributed by atoms with E-state index in [1.54, 1.807) is 19.1 Å². The maximum atomic E-state index is 12.4. The number of fused-ring (bicyclic) bond motifs is 1. The number of carbonyl (C=O) groups excluding carboxylic acids is 1. The molecule has 182 valence electrons. The molecule has 1 N–H and O–H groups in total. The van der Waals surface area contributed by atoms with E-state index in [1.165, 1.54) is 0 Å². The van der Waals surface area contributed by atoms with Crippen molar-refractivity contribution in [2.24, 2.45) is 5.92 Å². The van der Waals surface area contributed by atoms with Crippen molar-refractivity contribution in [1.82, 2.24) is 9.55 Å². The lowest BCUT2D eigenvalue weighted by molar-refractivity contribution is 0.0965. The summed E-state index contributed by atoms with van der Waals surface area (Å²) in [5.41, 5.74) is 3.89. The summed E-state index contributed by atoms with van der Waals surface area (Å²) in [6.07, 6.45) is 2.11. The van der Waals surface area contributed by atoms with E-state index in [0.717, 1.165) is 41.8 Å². The average molecular weight is 491 g/mol. The van der Waals surface area contributed by atoms with Gasteiger partial charge in [0.05, 0.1) is 28.2 Å². The SMILES string of the molecule is Cc1c(OCCCCn2c(-c3ccccc3Cl)nc3ccccc32)ccc(C(=O)CC(C)C)c1O. The number of halogens is 1. The monoisotopic (exact) mass is 490 g/mol. The highest BCUT2D eigenvalue weighted by Gasteiger charge is 2.17. The predicted molar refractivity (Wildman–Crippen MR) is 142 cm³/mol. The molecule has 4 aromatic rings. The standard InChI is InChI=1S/C29H31ClN2O3/c1-19(2)18-26(33)22-14-15-27(20(3)28(22)34)35-17-9-8-16-32-25-13-7-6-12-24(25)31-29(32)21-10-4-5-11-23(21)30/h4-7,10-15,19,34H,8-9,16-18H2,1-3H3. The van der Waals surface area contributed by atoms with Gasteiger partial charge in [-0.2, -0.15) is 0 Å². The Kier molecular flexibility index (Phi) is 7.76. The molecule has 0 atom stereocenters. The first-order valence-electron chi connectivity index (χ1n) is 12.1. The van der Waals surface area contributed by atoms with Gasteiger partial charge in [-0.1, -0.05) is 49.7 Å². The first kappa shape index (κ1) is 24.8. The number of nitrogens with zero attached hydrogens (tertiary/aromatic N) is 2. The molecule has 0 saturated heterocycles. The molecule has 5 nitrogen and oxygen atoms in total. The molecule has 3 aromatic carbocycles. The van der Waals surface area contributed by atoms with Crippen molar-refractivity contribution in [1.29, 1.82) is 0 Å². The molecule has 0 bridgehead atoms. The van der Waals surface area contributed by atoms with Gasteiger partial charge in [0.1, 0.15) is 17.3 Å². The van der Waals surface area contributed by atoms with Crippen molar-refractivity contribution < 1.29 is 14.6 Å². The van der Waals surface area contributed by atoms with Crippen molar-refractivity contribution in [3.05, 3.63) is 76.8 Å². The Morgan fingerprint density at radius 2 is 1.80 bits per heavy atom. The van der Waals surface area contributed by atoms with Crippen molar-refractivity contribution in [2.75, 3.05) is 6.61 Å². The van der Waals surface area contributed by atoms with Crippen LogP contribution in [0.4, 0.5) is 0 Å². The van der Waals surface area contributed by atoms with Crippen molar-refractivity contribution in [2.45, 2.75) is 46.6 Å². The summed E-state index contributed by atoms with van der Waals surface area (Å²) in [7, 11) is 0. The van der Waals surface area contributed by atoms with Crippen molar-refractivity contribution >= 4 is 28.4 Å². The van der Waals surface area contributed by atoms with Gasteiger partial charge in [0.2, 0.25) is 0 Å². The number of phenols is 1. The minimum absolute atomic E-state index is 0.0161. The Labute approximate surface area is 211 Å². The number of imidazole rings is 1. The Morgan fingerprint density at radius 1 is 1.06 bits per heavy atom. The molecule has 4 rings (SSSR count). The van der Waals surface area contributed by atoms with Crippen molar-refractivity contribution in [3.8, 4) is 22.9 Å². The summed E-state index contributed by atoms with van der Waals surface area (Å²) >= 11 is 6.48. The van der Waals surface area contributed by atoms with E-state index in [4.69, 9.17) is 21.3 Å². The molecule has 0 fully saturated rings. The molecule has 0 unspecified atom stereocenters. The molecule has 0 aliphatic rings. The van der Waals surface area contributed by atoms with Gasteiger partial charge in [0.15, 0.2) is 5.78 Å². The van der Waals surface area contributed by atoms with Gasteiger partial charge in [0.25, 0.3) is 0 Å². The highest BCUT2D eigenvalue weighted by molar-refractivity contribution is 6.33. The van der Waals surface area contributed by atoms with E-state index in [9.17, 15) is 9.90 Å². The number of Topliss-reactive ketones (excluding diaryl/α,β-unsaturated/α-hetero) is 1. The molecule has 0 radical (unpaired) electrons. The smallest absolute Gasteiger partial charge is 0.166 e. The second kappa shape index (κ2) is 11.0. The molecule has 35 heavy (non-hydrogen) atoms. The van der Waals surface area contributed by atoms with Crippen LogP contribution in [0.15, 0.2) is 60.7 Å². The van der Waals surface area contributed by atoms with Crippen LogP contribution in [0.3, 0.4) is 0 Å². The fourth-order valence-corrected chi connectivity index (χ4v) is 4.47. The number of rotatable bonds is 10. The minimum Gasteiger partial charge on any atom is -0.507 e. The van der Waals surface area contributed by atoms with Crippen LogP contribution in [0.2, 0.25) is 5.02 Å². The molecule has 6 heteroatoms. The zero-order valence-corrected chi connectivity index (χ0v) is 21.2. The Balaban J connectivity index is 1.42. The zero-order valence-electron chi connectivity index (χ0n) is 20.4. The maximum Gasteiger partial charge on any atom is 0.166 e. The van der Waals surface area contributed by atoms with Crippen LogP contribution in [-0.4, -0.2) is 27.0 Å². The third kappa shape index (κ3) is 5.51. The number of aryl methyl sites for hydroxylation is 1. The summed E-state index contributed by atoms with van der Waals surface area (Å²) in [6, 6.07) is 19.3. The lowest BCUT2D eigenvalue weighted by Crippen LogP contribution is -2.07. The number of benzene rings is 3. The summed E-state index contributed by atoms with van der Waals surface area (Å²) in [6.45, 7) is 7.04. The molecule has 0 spiro atoms. The molecule has 0 saturated carbocycles. The van der Waals surface area contributed by atoms with Crippen LogP contribution in [-0.2, 0) is 6.54 Å². The molecule has 1 heterocycles. The quantitative estimate of drug-likeness (QED) is 0.185. The molecule has 0 aliphatic heterocycles. The van der Waals surface area contributed by atoms with Gasteiger partial charge in [-0.25, -0.2) is 4.98 Å². The minimum atomic E-state index is -0.0472. The fourth-order valence-electron chi connectivity index (χ4n) is 4.25. The van der Waals surface area contributed by atoms with Crippen LogP contribution in [0.25, 0.3) is 22.4 Å². The van der Waals surface area contributed by atoms with Crippen LogP contribution in [0.5, 0.6) is 11.5 Å². The average Bonchev–Trinajstić information content (AvgIpc) is 3.19. The zero-order chi connectivity index (χ0) is 24.9. The van der Waals surface area contributed by atoms with E-state index in [-0.39, 0.29) is 17.5 Å². The Bertz CT molecular complexity index is 1340. The van der Waals surface area contributed by atoms with Gasteiger partial charge >= 0.3 is 0 Å². The summed E-state index contributed by atoms with van der Waals surface area (Å²) in [4.78, 5) is 17.2. The third-order valence-electron chi connectivity index (χ3n) is 6.08. The summed E-state index contributed by atoms with van der Waals surface area (Å²) in [5, 5.41) is 11.2. The number of aromatic nitrogens is 2. The molecule has 1 aromatic heterocycles. The number of para-hydroxylation sites is 2. The molecule has 0 amide bonds. The number of carbonyl (C=O) groups is 1. The van der Waals surface area contributed by atoms with Gasteiger partial charge < -0.3 is 14.4 Å². The number of ether oxygens (including phenoxy) is 1.